The number of hydrogen-bond donors (Lipinski definition) is 2. The number of aromatic nitrogens is 1. The maximum Gasteiger partial charge on any atom is 0.337 e. The van der Waals surface area contributed by atoms with Crippen LogP contribution in [0.2, 0.25) is 0 Å². The first-order chi connectivity index (χ1) is 8.99. The lowest BCUT2D eigenvalue weighted by Crippen LogP contribution is -2.06. The van der Waals surface area contributed by atoms with E-state index in [2.05, 4.69) is 10.3 Å². The standard InChI is InChI=1S/C12H7F3N2O2/c13-6-3-7(5-16-4-6)17-11-8(12(18)19)1-2-9(14)10(11)15/h1-5,17H,(H,18,19). The Balaban J connectivity index is 2.49. The summed E-state index contributed by atoms with van der Waals surface area (Å²) in [7, 11) is 0. The molecule has 2 rings (SSSR count). The molecule has 0 amide bonds. The SMILES string of the molecule is O=C(O)c1ccc(F)c(F)c1Nc1cncc(F)c1. The molecule has 0 aliphatic rings. The van der Waals surface area contributed by atoms with E-state index in [1.165, 1.54) is 0 Å². The number of hydrogen-bond acceptors (Lipinski definition) is 3. The van der Waals surface area contributed by atoms with Crippen LogP contribution in [0.15, 0.2) is 30.6 Å². The second-order valence-corrected chi connectivity index (χ2v) is 3.61. The minimum atomic E-state index is -1.44. The van der Waals surface area contributed by atoms with Crippen molar-refractivity contribution in [1.82, 2.24) is 4.98 Å². The Morgan fingerprint density at radius 1 is 1.21 bits per heavy atom. The molecule has 0 aliphatic carbocycles. The molecule has 0 atom stereocenters. The van der Waals surface area contributed by atoms with Crippen LogP contribution in [0, 0.1) is 17.5 Å². The second-order valence-electron chi connectivity index (χ2n) is 3.61. The van der Waals surface area contributed by atoms with Crippen LogP contribution < -0.4 is 5.32 Å². The summed E-state index contributed by atoms with van der Waals surface area (Å²) in [5, 5.41) is 11.2. The summed E-state index contributed by atoms with van der Waals surface area (Å²) in [5.41, 5.74) is -1.05. The number of pyridine rings is 1. The number of halogens is 3. The molecular formula is C12H7F3N2O2. The van der Waals surface area contributed by atoms with Crippen LogP contribution >= 0.6 is 0 Å². The van der Waals surface area contributed by atoms with Crippen molar-refractivity contribution >= 4 is 17.3 Å². The number of nitrogens with zero attached hydrogens (tertiary/aromatic N) is 1. The number of carboxylic acid groups (broad SMARTS) is 1. The minimum Gasteiger partial charge on any atom is -0.478 e. The van der Waals surface area contributed by atoms with Gasteiger partial charge in [-0.2, -0.15) is 0 Å². The molecule has 0 radical (unpaired) electrons. The van der Waals surface area contributed by atoms with E-state index >= 15 is 0 Å². The van der Waals surface area contributed by atoms with Gasteiger partial charge in [0.25, 0.3) is 0 Å². The zero-order valence-electron chi connectivity index (χ0n) is 9.32. The summed E-state index contributed by atoms with van der Waals surface area (Å²) < 4.78 is 39.6. The lowest BCUT2D eigenvalue weighted by molar-refractivity contribution is 0.0697. The van der Waals surface area contributed by atoms with Crippen molar-refractivity contribution in [3.8, 4) is 0 Å². The highest BCUT2D eigenvalue weighted by Gasteiger charge is 2.18. The summed E-state index contributed by atoms with van der Waals surface area (Å²) in [6.07, 6.45) is 2.07. The second kappa shape index (κ2) is 4.97. The molecule has 1 heterocycles. The van der Waals surface area contributed by atoms with E-state index in [1.54, 1.807) is 0 Å². The fourth-order valence-electron chi connectivity index (χ4n) is 1.48. The summed E-state index contributed by atoms with van der Waals surface area (Å²) in [5.74, 6) is -4.70. The molecular weight excluding hydrogens is 261 g/mol. The average molecular weight is 268 g/mol. The van der Waals surface area contributed by atoms with Gasteiger partial charge in [-0.15, -0.1) is 0 Å². The third kappa shape index (κ3) is 2.65. The molecule has 0 unspecified atom stereocenters. The van der Waals surface area contributed by atoms with Gasteiger partial charge in [0.15, 0.2) is 11.6 Å². The number of nitrogens with one attached hydrogen (secondary N) is 1. The van der Waals surface area contributed by atoms with Crippen LogP contribution in [0.4, 0.5) is 24.5 Å². The fraction of sp³-hybridized carbons (Fsp3) is 0. The molecule has 2 N–H and O–H groups in total. The normalized spacial score (nSPS) is 10.3. The Bertz CT molecular complexity index is 647. The van der Waals surface area contributed by atoms with Crippen molar-refractivity contribution in [2.24, 2.45) is 0 Å². The summed E-state index contributed by atoms with van der Waals surface area (Å²) in [6.45, 7) is 0. The highest BCUT2D eigenvalue weighted by Crippen LogP contribution is 2.26. The van der Waals surface area contributed by atoms with E-state index < -0.39 is 34.7 Å². The fourth-order valence-corrected chi connectivity index (χ4v) is 1.48. The number of rotatable bonds is 3. The molecule has 0 spiro atoms. The number of carboxylic acids is 1. The topological polar surface area (TPSA) is 62.2 Å². The molecule has 2 aromatic rings. The van der Waals surface area contributed by atoms with Gasteiger partial charge in [-0.1, -0.05) is 0 Å². The third-order valence-electron chi connectivity index (χ3n) is 2.30. The smallest absolute Gasteiger partial charge is 0.337 e. The maximum absolute atomic E-state index is 13.6. The predicted octanol–water partition coefficient (Wildman–Crippen LogP) is 2.94. The van der Waals surface area contributed by atoms with Crippen molar-refractivity contribution in [1.29, 1.82) is 0 Å². The predicted molar refractivity (Wildman–Crippen MR) is 60.8 cm³/mol. The van der Waals surface area contributed by atoms with Gasteiger partial charge >= 0.3 is 5.97 Å². The van der Waals surface area contributed by atoms with E-state index in [0.717, 1.165) is 24.5 Å². The van der Waals surface area contributed by atoms with Crippen LogP contribution in [0.3, 0.4) is 0 Å². The van der Waals surface area contributed by atoms with Crippen LogP contribution in [0.5, 0.6) is 0 Å². The van der Waals surface area contributed by atoms with Crippen LogP contribution in [-0.4, -0.2) is 16.1 Å². The number of carbonyl (C=O) groups is 1. The van der Waals surface area contributed by atoms with Crippen molar-refractivity contribution in [2.75, 3.05) is 5.32 Å². The molecule has 0 saturated carbocycles. The molecule has 1 aromatic heterocycles. The third-order valence-corrected chi connectivity index (χ3v) is 2.30. The van der Waals surface area contributed by atoms with Crippen LogP contribution in [0.25, 0.3) is 0 Å². The Labute approximate surface area is 105 Å². The molecule has 7 heteroatoms. The maximum atomic E-state index is 13.6. The van der Waals surface area contributed by atoms with Gasteiger partial charge in [0.2, 0.25) is 0 Å². The first-order valence-corrected chi connectivity index (χ1v) is 5.08. The van der Waals surface area contributed by atoms with Gasteiger partial charge in [0, 0.05) is 6.07 Å². The summed E-state index contributed by atoms with van der Waals surface area (Å²) >= 11 is 0. The van der Waals surface area contributed by atoms with Gasteiger partial charge in [-0.25, -0.2) is 18.0 Å². The van der Waals surface area contributed by atoms with Crippen molar-refractivity contribution in [3.05, 3.63) is 53.6 Å². The quantitative estimate of drug-likeness (QED) is 0.898. The Morgan fingerprint density at radius 3 is 2.58 bits per heavy atom. The highest BCUT2D eigenvalue weighted by atomic mass is 19.2. The van der Waals surface area contributed by atoms with Gasteiger partial charge in [0.1, 0.15) is 5.82 Å². The molecule has 0 saturated heterocycles. The molecule has 0 bridgehead atoms. The minimum absolute atomic E-state index is 0.00648. The molecule has 0 fully saturated rings. The van der Waals surface area contributed by atoms with Gasteiger partial charge in [-0.05, 0) is 12.1 Å². The molecule has 98 valence electrons. The zero-order chi connectivity index (χ0) is 14.0. The number of aromatic carboxylic acids is 1. The van der Waals surface area contributed by atoms with E-state index in [-0.39, 0.29) is 5.69 Å². The van der Waals surface area contributed by atoms with E-state index in [4.69, 9.17) is 5.11 Å². The highest BCUT2D eigenvalue weighted by molar-refractivity contribution is 5.95. The lowest BCUT2D eigenvalue weighted by atomic mass is 10.1. The largest absolute Gasteiger partial charge is 0.478 e. The summed E-state index contributed by atoms with van der Waals surface area (Å²) in [6, 6.07) is 2.59. The van der Waals surface area contributed by atoms with Gasteiger partial charge in [-0.3, -0.25) is 4.98 Å². The van der Waals surface area contributed by atoms with E-state index in [1.807, 2.05) is 0 Å². The van der Waals surface area contributed by atoms with Crippen molar-refractivity contribution in [2.45, 2.75) is 0 Å². The first-order valence-electron chi connectivity index (χ1n) is 5.08. The molecule has 1 aromatic carbocycles. The number of benzene rings is 1. The van der Waals surface area contributed by atoms with Crippen molar-refractivity contribution in [3.63, 3.8) is 0 Å². The monoisotopic (exact) mass is 268 g/mol. The van der Waals surface area contributed by atoms with Crippen LogP contribution in [-0.2, 0) is 0 Å². The average Bonchev–Trinajstić information content (AvgIpc) is 2.35. The van der Waals surface area contributed by atoms with E-state index in [0.29, 0.717) is 6.07 Å². The molecule has 0 aliphatic heterocycles. The van der Waals surface area contributed by atoms with Crippen LogP contribution in [0.1, 0.15) is 10.4 Å². The van der Waals surface area contributed by atoms with Crippen molar-refractivity contribution < 1.29 is 23.1 Å². The van der Waals surface area contributed by atoms with E-state index in [9.17, 15) is 18.0 Å². The Morgan fingerprint density at radius 2 is 1.95 bits per heavy atom. The molecule has 4 nitrogen and oxygen atoms in total. The van der Waals surface area contributed by atoms with Gasteiger partial charge in [0.05, 0.1) is 29.3 Å². The Hall–Kier alpha value is -2.57. The Kier molecular flexibility index (Phi) is 3.37. The lowest BCUT2D eigenvalue weighted by Gasteiger charge is -2.10. The number of anilines is 2. The first kappa shape index (κ1) is 12.9. The zero-order valence-corrected chi connectivity index (χ0v) is 9.32. The molecule has 19 heavy (non-hydrogen) atoms. The van der Waals surface area contributed by atoms with Gasteiger partial charge < -0.3 is 10.4 Å². The summed E-state index contributed by atoms with van der Waals surface area (Å²) in [4.78, 5) is 14.4.